The zero-order valence-corrected chi connectivity index (χ0v) is 13.7. The number of hydrogen-bond acceptors (Lipinski definition) is 3. The first-order valence-corrected chi connectivity index (χ1v) is 8.85. The summed E-state index contributed by atoms with van der Waals surface area (Å²) in [6, 6.07) is 7.34. The highest BCUT2D eigenvalue weighted by Gasteiger charge is 2.37. The van der Waals surface area contributed by atoms with Gasteiger partial charge in [-0.15, -0.1) is 11.8 Å². The molecule has 114 valence electrons. The second-order valence-electron chi connectivity index (χ2n) is 6.24. The zero-order valence-electron chi connectivity index (χ0n) is 12.9. The molecular formula is C17H24N2OS. The Labute approximate surface area is 131 Å². The van der Waals surface area contributed by atoms with Crippen molar-refractivity contribution in [2.45, 2.75) is 50.1 Å². The zero-order chi connectivity index (χ0) is 14.8. The monoisotopic (exact) mass is 304 g/mol. The SMILES string of the molecule is Cc1ccc(C)c(SCC(=O)N2C3CCNCC2CC3)c1. The number of nitrogens with one attached hydrogen (secondary N) is 1. The number of hydrogen-bond donors (Lipinski definition) is 1. The summed E-state index contributed by atoms with van der Waals surface area (Å²) in [4.78, 5) is 16.1. The number of carbonyl (C=O) groups excluding carboxylic acids is 1. The molecular weight excluding hydrogens is 280 g/mol. The minimum absolute atomic E-state index is 0.317. The van der Waals surface area contributed by atoms with E-state index in [-0.39, 0.29) is 0 Å². The summed E-state index contributed by atoms with van der Waals surface area (Å²) in [7, 11) is 0. The topological polar surface area (TPSA) is 32.3 Å². The van der Waals surface area contributed by atoms with Crippen LogP contribution in [0.1, 0.15) is 30.4 Å². The molecule has 0 radical (unpaired) electrons. The van der Waals surface area contributed by atoms with E-state index in [9.17, 15) is 4.79 Å². The molecule has 2 atom stereocenters. The van der Waals surface area contributed by atoms with E-state index < -0.39 is 0 Å². The third-order valence-electron chi connectivity index (χ3n) is 4.64. The fraction of sp³-hybridized carbons (Fsp3) is 0.588. The first-order chi connectivity index (χ1) is 10.1. The van der Waals surface area contributed by atoms with Crippen molar-refractivity contribution in [1.29, 1.82) is 0 Å². The maximum atomic E-state index is 12.7. The Bertz CT molecular complexity index is 518. The van der Waals surface area contributed by atoms with Crippen molar-refractivity contribution in [1.82, 2.24) is 10.2 Å². The van der Waals surface area contributed by atoms with Gasteiger partial charge < -0.3 is 10.2 Å². The molecule has 2 aliphatic heterocycles. The number of benzene rings is 1. The smallest absolute Gasteiger partial charge is 0.233 e. The summed E-state index contributed by atoms with van der Waals surface area (Å²) in [5.74, 6) is 0.884. The van der Waals surface area contributed by atoms with Gasteiger partial charge in [-0.1, -0.05) is 17.7 Å². The molecule has 2 saturated heterocycles. The van der Waals surface area contributed by atoms with Crippen LogP contribution in [0.3, 0.4) is 0 Å². The van der Waals surface area contributed by atoms with Gasteiger partial charge in [-0.25, -0.2) is 0 Å². The maximum Gasteiger partial charge on any atom is 0.233 e. The molecule has 1 aromatic rings. The molecule has 2 fully saturated rings. The lowest BCUT2D eigenvalue weighted by molar-refractivity contribution is -0.130. The van der Waals surface area contributed by atoms with Gasteiger partial charge in [-0.3, -0.25) is 4.79 Å². The van der Waals surface area contributed by atoms with Crippen molar-refractivity contribution in [2.75, 3.05) is 18.8 Å². The van der Waals surface area contributed by atoms with Gasteiger partial charge >= 0.3 is 0 Å². The summed E-state index contributed by atoms with van der Waals surface area (Å²) < 4.78 is 0. The predicted octanol–water partition coefficient (Wildman–Crippen LogP) is 2.75. The van der Waals surface area contributed by atoms with Crippen LogP contribution in [0.25, 0.3) is 0 Å². The standard InChI is InChI=1S/C17H24N2OS/c1-12-3-4-13(2)16(9-12)21-11-17(20)19-14-5-6-15(19)10-18-8-7-14/h3-4,9,14-15,18H,5-8,10-11H2,1-2H3. The Hall–Kier alpha value is -1.00. The maximum absolute atomic E-state index is 12.7. The molecule has 4 heteroatoms. The predicted molar refractivity (Wildman–Crippen MR) is 87.8 cm³/mol. The molecule has 2 aliphatic rings. The van der Waals surface area contributed by atoms with E-state index in [2.05, 4.69) is 42.3 Å². The average Bonchev–Trinajstić information content (AvgIpc) is 2.73. The Morgan fingerprint density at radius 3 is 2.95 bits per heavy atom. The first-order valence-electron chi connectivity index (χ1n) is 7.87. The molecule has 2 unspecified atom stereocenters. The third-order valence-corrected chi connectivity index (χ3v) is 5.78. The minimum atomic E-state index is 0.317. The van der Waals surface area contributed by atoms with Crippen molar-refractivity contribution in [3.63, 3.8) is 0 Å². The minimum Gasteiger partial charge on any atom is -0.335 e. The van der Waals surface area contributed by atoms with Crippen LogP contribution in [-0.2, 0) is 4.79 Å². The average molecular weight is 304 g/mol. The second kappa shape index (κ2) is 6.41. The van der Waals surface area contributed by atoms with Crippen molar-refractivity contribution < 1.29 is 4.79 Å². The summed E-state index contributed by atoms with van der Waals surface area (Å²) in [6.07, 6.45) is 3.46. The van der Waals surface area contributed by atoms with Crippen molar-refractivity contribution in [3.8, 4) is 0 Å². The molecule has 2 heterocycles. The number of amides is 1. The van der Waals surface area contributed by atoms with E-state index in [1.165, 1.54) is 22.4 Å². The molecule has 1 amide bonds. The number of rotatable bonds is 3. The summed E-state index contributed by atoms with van der Waals surface area (Å²) >= 11 is 1.69. The summed E-state index contributed by atoms with van der Waals surface area (Å²) in [5.41, 5.74) is 2.52. The van der Waals surface area contributed by atoms with Gasteiger partial charge in [-0.2, -0.15) is 0 Å². The molecule has 3 rings (SSSR count). The summed E-state index contributed by atoms with van der Waals surface area (Å²) in [5, 5.41) is 3.45. The second-order valence-corrected chi connectivity index (χ2v) is 7.25. The van der Waals surface area contributed by atoms with Gasteiger partial charge in [0.25, 0.3) is 0 Å². The van der Waals surface area contributed by atoms with Gasteiger partial charge in [0.1, 0.15) is 0 Å². The lowest BCUT2D eigenvalue weighted by Crippen LogP contribution is -2.43. The number of fused-ring (bicyclic) bond motifs is 2. The van der Waals surface area contributed by atoms with Gasteiger partial charge in [0.15, 0.2) is 0 Å². The van der Waals surface area contributed by atoms with Crippen LogP contribution >= 0.6 is 11.8 Å². The van der Waals surface area contributed by atoms with Crippen LogP contribution in [0.2, 0.25) is 0 Å². The van der Waals surface area contributed by atoms with E-state index in [1.807, 2.05) is 0 Å². The van der Waals surface area contributed by atoms with E-state index in [0.29, 0.717) is 23.7 Å². The van der Waals surface area contributed by atoms with Crippen molar-refractivity contribution in [2.24, 2.45) is 0 Å². The van der Waals surface area contributed by atoms with Crippen molar-refractivity contribution >= 4 is 17.7 Å². The van der Waals surface area contributed by atoms with E-state index in [4.69, 9.17) is 0 Å². The largest absolute Gasteiger partial charge is 0.335 e. The van der Waals surface area contributed by atoms with Crippen LogP contribution in [-0.4, -0.2) is 41.7 Å². The van der Waals surface area contributed by atoms with Gasteiger partial charge in [0.05, 0.1) is 5.75 Å². The molecule has 21 heavy (non-hydrogen) atoms. The first kappa shape index (κ1) is 14.9. The van der Waals surface area contributed by atoms with Crippen LogP contribution in [0.15, 0.2) is 23.1 Å². The van der Waals surface area contributed by atoms with Gasteiger partial charge in [0.2, 0.25) is 5.91 Å². The number of thioether (sulfide) groups is 1. The number of aryl methyl sites for hydroxylation is 2. The Balaban J connectivity index is 1.65. The highest BCUT2D eigenvalue weighted by molar-refractivity contribution is 8.00. The normalized spacial score (nSPS) is 25.0. The van der Waals surface area contributed by atoms with Crippen LogP contribution < -0.4 is 5.32 Å². The summed E-state index contributed by atoms with van der Waals surface area (Å²) in [6.45, 7) is 6.24. The van der Waals surface area contributed by atoms with Crippen LogP contribution in [0, 0.1) is 13.8 Å². The molecule has 0 aliphatic carbocycles. The van der Waals surface area contributed by atoms with E-state index >= 15 is 0 Å². The van der Waals surface area contributed by atoms with E-state index in [0.717, 1.165) is 25.9 Å². The number of carbonyl (C=O) groups is 1. The number of nitrogens with zero attached hydrogens (tertiary/aromatic N) is 1. The van der Waals surface area contributed by atoms with Gasteiger partial charge in [-0.05, 0) is 51.3 Å². The highest BCUT2D eigenvalue weighted by atomic mass is 32.2. The fourth-order valence-corrected chi connectivity index (χ4v) is 4.46. The third kappa shape index (κ3) is 3.27. The Morgan fingerprint density at radius 1 is 1.29 bits per heavy atom. The molecule has 0 spiro atoms. The Kier molecular flexibility index (Phi) is 4.55. The van der Waals surface area contributed by atoms with Crippen LogP contribution in [0.5, 0.6) is 0 Å². The fourth-order valence-electron chi connectivity index (χ4n) is 3.47. The molecule has 0 saturated carbocycles. The highest BCUT2D eigenvalue weighted by Crippen LogP contribution is 2.30. The van der Waals surface area contributed by atoms with E-state index in [1.54, 1.807) is 11.8 Å². The molecule has 2 bridgehead atoms. The quantitative estimate of drug-likeness (QED) is 0.872. The lowest BCUT2D eigenvalue weighted by atomic mass is 10.1. The van der Waals surface area contributed by atoms with Crippen molar-refractivity contribution in [3.05, 3.63) is 29.3 Å². The van der Waals surface area contributed by atoms with Crippen LogP contribution in [0.4, 0.5) is 0 Å². The Morgan fingerprint density at radius 2 is 2.10 bits per heavy atom. The lowest BCUT2D eigenvalue weighted by Gasteiger charge is -2.27. The molecule has 1 N–H and O–H groups in total. The van der Waals surface area contributed by atoms with Gasteiger partial charge in [0, 0.05) is 23.5 Å². The molecule has 0 aromatic heterocycles. The molecule has 1 aromatic carbocycles. The molecule has 3 nitrogen and oxygen atoms in total.